The molecule has 0 atom stereocenters. The molecule has 2 heterocycles. The van der Waals surface area contributed by atoms with Gasteiger partial charge in [-0.15, -0.1) is 5.10 Å². The molecule has 0 unspecified atom stereocenters. The maximum absolute atomic E-state index is 12.8. The lowest BCUT2D eigenvalue weighted by atomic mass is 9.86. The molecule has 2 aromatic rings. The zero-order valence-electron chi connectivity index (χ0n) is 16.3. The van der Waals surface area contributed by atoms with E-state index in [4.69, 9.17) is 0 Å². The average molecular weight is 383 g/mol. The van der Waals surface area contributed by atoms with Crippen molar-refractivity contribution in [2.75, 3.05) is 6.54 Å². The monoisotopic (exact) mass is 383 g/mol. The normalized spacial score (nSPS) is 17.6. The molecule has 1 N–H and O–H groups in total. The standard InChI is InChI=1S/C21H29N5O2/c27-19(11-8-16-5-2-1-3-6-16)23-13-14-25-21(28)26(18-9-10-18)20(24-25)17-7-4-12-22-15-17/h4,7,12,15-16,18H,1-3,5-6,8-11,13-14H2,(H,23,27). The van der Waals surface area contributed by atoms with Crippen LogP contribution in [0.2, 0.25) is 0 Å². The fourth-order valence-electron chi connectivity index (χ4n) is 4.12. The van der Waals surface area contributed by atoms with Crippen molar-refractivity contribution in [2.45, 2.75) is 70.4 Å². The molecule has 2 fully saturated rings. The Morgan fingerprint density at radius 1 is 1.18 bits per heavy atom. The van der Waals surface area contributed by atoms with Gasteiger partial charge in [-0.25, -0.2) is 9.48 Å². The molecule has 2 aromatic heterocycles. The van der Waals surface area contributed by atoms with E-state index in [-0.39, 0.29) is 17.6 Å². The Morgan fingerprint density at radius 3 is 2.71 bits per heavy atom. The average Bonchev–Trinajstić information content (AvgIpc) is 3.52. The fourth-order valence-corrected chi connectivity index (χ4v) is 4.12. The number of amides is 1. The van der Waals surface area contributed by atoms with Gasteiger partial charge in [-0.2, -0.15) is 0 Å². The number of aromatic nitrogens is 4. The summed E-state index contributed by atoms with van der Waals surface area (Å²) in [6.45, 7) is 0.818. The van der Waals surface area contributed by atoms with Crippen LogP contribution < -0.4 is 11.0 Å². The second-order valence-electron chi connectivity index (χ2n) is 8.06. The Labute approximate surface area is 165 Å². The molecule has 2 saturated carbocycles. The highest BCUT2D eigenvalue weighted by Crippen LogP contribution is 2.36. The molecule has 0 aliphatic heterocycles. The number of nitrogens with one attached hydrogen (secondary N) is 1. The number of rotatable bonds is 8. The zero-order chi connectivity index (χ0) is 19.3. The first-order valence-corrected chi connectivity index (χ1v) is 10.6. The van der Waals surface area contributed by atoms with Gasteiger partial charge in [0.25, 0.3) is 0 Å². The summed E-state index contributed by atoms with van der Waals surface area (Å²) in [5, 5.41) is 7.48. The van der Waals surface area contributed by atoms with Gasteiger partial charge in [-0.3, -0.25) is 14.3 Å². The highest BCUT2D eigenvalue weighted by Gasteiger charge is 2.30. The van der Waals surface area contributed by atoms with Gasteiger partial charge in [0.1, 0.15) is 0 Å². The Hall–Kier alpha value is -2.44. The molecular formula is C21H29N5O2. The molecule has 0 radical (unpaired) electrons. The van der Waals surface area contributed by atoms with Crippen LogP contribution in [-0.4, -0.2) is 31.8 Å². The van der Waals surface area contributed by atoms with Gasteiger partial charge >= 0.3 is 5.69 Å². The predicted molar refractivity (Wildman–Crippen MR) is 107 cm³/mol. The Bertz CT molecular complexity index is 847. The van der Waals surface area contributed by atoms with E-state index in [0.717, 1.165) is 24.8 Å². The first-order valence-electron chi connectivity index (χ1n) is 10.6. The third-order valence-corrected chi connectivity index (χ3v) is 5.85. The lowest BCUT2D eigenvalue weighted by molar-refractivity contribution is -0.121. The van der Waals surface area contributed by atoms with E-state index in [1.54, 1.807) is 17.0 Å². The van der Waals surface area contributed by atoms with Crippen molar-refractivity contribution >= 4 is 5.91 Å². The highest BCUT2D eigenvalue weighted by molar-refractivity contribution is 5.75. The number of nitrogens with zero attached hydrogens (tertiary/aromatic N) is 4. The van der Waals surface area contributed by atoms with Crippen molar-refractivity contribution in [3.8, 4) is 11.4 Å². The Kier molecular flexibility index (Phi) is 5.88. The van der Waals surface area contributed by atoms with Crippen molar-refractivity contribution in [3.63, 3.8) is 0 Å². The van der Waals surface area contributed by atoms with Crippen molar-refractivity contribution < 1.29 is 4.79 Å². The fraction of sp³-hybridized carbons (Fsp3) is 0.619. The molecule has 4 rings (SSSR count). The predicted octanol–water partition coefficient (Wildman–Crippen LogP) is 2.92. The molecule has 1 amide bonds. The topological polar surface area (TPSA) is 81.8 Å². The summed E-state index contributed by atoms with van der Waals surface area (Å²) in [6.07, 6.45) is 13.5. The summed E-state index contributed by atoms with van der Waals surface area (Å²) < 4.78 is 3.25. The van der Waals surface area contributed by atoms with Crippen LogP contribution in [0.1, 0.15) is 63.8 Å². The summed E-state index contributed by atoms with van der Waals surface area (Å²) >= 11 is 0. The second kappa shape index (κ2) is 8.71. The molecule has 150 valence electrons. The molecular weight excluding hydrogens is 354 g/mol. The number of pyridine rings is 1. The molecule has 7 heteroatoms. The van der Waals surface area contributed by atoms with Gasteiger partial charge in [0, 0.05) is 37.0 Å². The number of hydrogen-bond acceptors (Lipinski definition) is 4. The smallest absolute Gasteiger partial charge is 0.346 e. The van der Waals surface area contributed by atoms with Crippen LogP contribution >= 0.6 is 0 Å². The van der Waals surface area contributed by atoms with Crippen LogP contribution in [0, 0.1) is 5.92 Å². The van der Waals surface area contributed by atoms with Gasteiger partial charge in [0.15, 0.2) is 5.82 Å². The lowest BCUT2D eigenvalue weighted by Crippen LogP contribution is -2.32. The van der Waals surface area contributed by atoms with Crippen LogP contribution in [0.15, 0.2) is 29.3 Å². The third-order valence-electron chi connectivity index (χ3n) is 5.85. The molecule has 28 heavy (non-hydrogen) atoms. The summed E-state index contributed by atoms with van der Waals surface area (Å²) in [6, 6.07) is 4.01. The summed E-state index contributed by atoms with van der Waals surface area (Å²) in [4.78, 5) is 29.1. The maximum Gasteiger partial charge on any atom is 0.346 e. The third kappa shape index (κ3) is 4.51. The molecule has 7 nitrogen and oxygen atoms in total. The minimum atomic E-state index is -0.0993. The second-order valence-corrected chi connectivity index (χ2v) is 8.06. The minimum Gasteiger partial charge on any atom is -0.354 e. The van der Waals surface area contributed by atoms with Gasteiger partial charge in [-0.05, 0) is 37.3 Å². The Balaban J connectivity index is 1.33. The van der Waals surface area contributed by atoms with E-state index >= 15 is 0 Å². The van der Waals surface area contributed by atoms with E-state index in [1.165, 1.54) is 36.8 Å². The summed E-state index contributed by atoms with van der Waals surface area (Å²) in [5.41, 5.74) is 0.750. The van der Waals surface area contributed by atoms with Gasteiger partial charge in [0.2, 0.25) is 5.91 Å². The molecule has 0 spiro atoms. The molecule has 0 bridgehead atoms. The van der Waals surface area contributed by atoms with Crippen LogP contribution in [0.25, 0.3) is 11.4 Å². The zero-order valence-corrected chi connectivity index (χ0v) is 16.3. The van der Waals surface area contributed by atoms with Crippen LogP contribution in [-0.2, 0) is 11.3 Å². The number of carbonyl (C=O) groups is 1. The van der Waals surface area contributed by atoms with Crippen LogP contribution in [0.3, 0.4) is 0 Å². The van der Waals surface area contributed by atoms with Gasteiger partial charge in [-0.1, -0.05) is 32.1 Å². The quantitative estimate of drug-likeness (QED) is 0.760. The summed E-state index contributed by atoms with van der Waals surface area (Å²) in [5.74, 6) is 1.45. The summed E-state index contributed by atoms with van der Waals surface area (Å²) in [7, 11) is 0. The van der Waals surface area contributed by atoms with E-state index < -0.39 is 0 Å². The number of carbonyl (C=O) groups excluding carboxylic acids is 1. The maximum atomic E-state index is 12.8. The van der Waals surface area contributed by atoms with Crippen molar-refractivity contribution in [3.05, 3.63) is 35.0 Å². The highest BCUT2D eigenvalue weighted by atomic mass is 16.2. The molecule has 0 aromatic carbocycles. The lowest BCUT2D eigenvalue weighted by Gasteiger charge is -2.20. The van der Waals surface area contributed by atoms with Crippen LogP contribution in [0.4, 0.5) is 0 Å². The SMILES string of the molecule is O=C(CCC1CCCCC1)NCCn1nc(-c2cccnc2)n(C2CC2)c1=O. The van der Waals surface area contributed by atoms with Crippen molar-refractivity contribution in [2.24, 2.45) is 5.92 Å². The largest absolute Gasteiger partial charge is 0.354 e. The Morgan fingerprint density at radius 2 is 2.00 bits per heavy atom. The number of hydrogen-bond donors (Lipinski definition) is 1. The molecule has 0 saturated heterocycles. The van der Waals surface area contributed by atoms with E-state index in [0.29, 0.717) is 31.3 Å². The van der Waals surface area contributed by atoms with E-state index in [1.807, 2.05) is 12.1 Å². The van der Waals surface area contributed by atoms with E-state index in [2.05, 4.69) is 15.4 Å². The molecule has 2 aliphatic carbocycles. The molecule has 2 aliphatic rings. The first-order chi connectivity index (χ1) is 13.7. The van der Waals surface area contributed by atoms with Crippen LogP contribution in [0.5, 0.6) is 0 Å². The minimum absolute atomic E-state index is 0.0766. The van der Waals surface area contributed by atoms with E-state index in [9.17, 15) is 9.59 Å². The van der Waals surface area contributed by atoms with Gasteiger partial charge in [0.05, 0.1) is 6.54 Å². The van der Waals surface area contributed by atoms with Crippen molar-refractivity contribution in [1.82, 2.24) is 24.6 Å². The first kappa shape index (κ1) is 18.9. The van der Waals surface area contributed by atoms with Crippen molar-refractivity contribution in [1.29, 1.82) is 0 Å². The van der Waals surface area contributed by atoms with Gasteiger partial charge < -0.3 is 5.32 Å².